The Hall–Kier alpha value is -0.770. The Labute approximate surface area is 104 Å². The fraction of sp³-hybridized carbons (Fsp3) is 0.900. The molecule has 4 atom stereocenters. The van der Waals surface area contributed by atoms with Gasteiger partial charge in [0, 0.05) is 13.1 Å². The van der Waals surface area contributed by atoms with E-state index in [0.717, 1.165) is 0 Å². The van der Waals surface area contributed by atoms with Gasteiger partial charge in [0.25, 0.3) is 5.91 Å². The first-order valence-electron chi connectivity index (χ1n) is 5.68. The molecule has 8 heteroatoms. The fourth-order valence-corrected chi connectivity index (χ4v) is 1.64. The summed E-state index contributed by atoms with van der Waals surface area (Å²) in [5.74, 6) is -0.741. The van der Waals surface area contributed by atoms with Gasteiger partial charge in [0.1, 0.15) is 18.3 Å². The van der Waals surface area contributed by atoms with Crippen molar-refractivity contribution in [2.45, 2.75) is 24.4 Å². The second-order valence-corrected chi connectivity index (χ2v) is 4.11. The molecule has 0 saturated carbocycles. The standard InChI is InChI=1S/C10H19NO7/c12-5-6(13)7(14)8(15)9(16)10(17)11-1-3-18-4-2-11/h6-9,12-16H,1-5H2/t6-,7-,8+,9-/m1/s1. The van der Waals surface area contributed by atoms with Crippen LogP contribution in [0.5, 0.6) is 0 Å². The number of aliphatic hydroxyl groups excluding tert-OH is 5. The van der Waals surface area contributed by atoms with E-state index in [1.165, 1.54) is 4.90 Å². The van der Waals surface area contributed by atoms with Crippen molar-refractivity contribution in [3.8, 4) is 0 Å². The van der Waals surface area contributed by atoms with Crippen LogP contribution in [0, 0.1) is 0 Å². The summed E-state index contributed by atoms with van der Waals surface area (Å²) in [6.45, 7) is 0.492. The van der Waals surface area contributed by atoms with Crippen LogP contribution in [-0.2, 0) is 9.53 Å². The monoisotopic (exact) mass is 265 g/mol. The Bertz CT molecular complexity index is 269. The van der Waals surface area contributed by atoms with Crippen LogP contribution >= 0.6 is 0 Å². The van der Waals surface area contributed by atoms with Crippen molar-refractivity contribution in [1.82, 2.24) is 4.90 Å². The molecule has 1 aliphatic heterocycles. The minimum absolute atomic E-state index is 0.293. The third kappa shape index (κ3) is 3.61. The molecular formula is C10H19NO7. The van der Waals surface area contributed by atoms with Crippen LogP contribution in [0.3, 0.4) is 0 Å². The van der Waals surface area contributed by atoms with Crippen molar-refractivity contribution in [2.24, 2.45) is 0 Å². The third-order valence-electron chi connectivity index (χ3n) is 2.83. The Morgan fingerprint density at radius 2 is 1.67 bits per heavy atom. The number of morpholine rings is 1. The average Bonchev–Trinajstić information content (AvgIpc) is 2.44. The van der Waals surface area contributed by atoms with E-state index in [1.807, 2.05) is 0 Å². The lowest BCUT2D eigenvalue weighted by Gasteiger charge is -2.31. The van der Waals surface area contributed by atoms with Gasteiger partial charge in [0.2, 0.25) is 0 Å². The van der Waals surface area contributed by atoms with Gasteiger partial charge in [-0.15, -0.1) is 0 Å². The van der Waals surface area contributed by atoms with Crippen LogP contribution in [0.1, 0.15) is 0 Å². The second kappa shape index (κ2) is 6.98. The summed E-state index contributed by atoms with van der Waals surface area (Å²) in [6, 6.07) is 0. The lowest BCUT2D eigenvalue weighted by molar-refractivity contribution is -0.161. The average molecular weight is 265 g/mol. The van der Waals surface area contributed by atoms with Crippen molar-refractivity contribution in [3.63, 3.8) is 0 Å². The molecule has 1 amide bonds. The topological polar surface area (TPSA) is 131 Å². The summed E-state index contributed by atoms with van der Waals surface area (Å²) in [4.78, 5) is 13.1. The van der Waals surface area contributed by atoms with Crippen molar-refractivity contribution in [1.29, 1.82) is 0 Å². The number of carbonyl (C=O) groups excluding carboxylic acids is 1. The largest absolute Gasteiger partial charge is 0.394 e. The van der Waals surface area contributed by atoms with Gasteiger partial charge in [0.15, 0.2) is 6.10 Å². The van der Waals surface area contributed by atoms with E-state index in [2.05, 4.69) is 0 Å². The molecule has 106 valence electrons. The number of rotatable bonds is 5. The molecule has 0 aromatic carbocycles. The summed E-state index contributed by atoms with van der Waals surface area (Å²) in [5, 5.41) is 46.3. The van der Waals surface area contributed by atoms with Gasteiger partial charge < -0.3 is 35.2 Å². The maximum atomic E-state index is 11.8. The number of hydrogen-bond donors (Lipinski definition) is 5. The second-order valence-electron chi connectivity index (χ2n) is 4.11. The summed E-state index contributed by atoms with van der Waals surface area (Å²) < 4.78 is 5.03. The normalized spacial score (nSPS) is 23.3. The zero-order valence-electron chi connectivity index (χ0n) is 9.84. The smallest absolute Gasteiger partial charge is 0.254 e. The maximum Gasteiger partial charge on any atom is 0.254 e. The van der Waals surface area contributed by atoms with Crippen molar-refractivity contribution in [2.75, 3.05) is 32.9 Å². The van der Waals surface area contributed by atoms with Crippen LogP contribution < -0.4 is 0 Å². The molecule has 0 aromatic rings. The summed E-state index contributed by atoms with van der Waals surface area (Å²) in [6.07, 6.45) is -7.12. The molecule has 0 aliphatic carbocycles. The molecule has 1 fully saturated rings. The maximum absolute atomic E-state index is 11.8. The van der Waals surface area contributed by atoms with Gasteiger partial charge in [-0.2, -0.15) is 0 Å². The van der Waals surface area contributed by atoms with Gasteiger partial charge in [-0.1, -0.05) is 0 Å². The van der Waals surface area contributed by atoms with E-state index in [1.54, 1.807) is 0 Å². The number of hydrogen-bond acceptors (Lipinski definition) is 7. The third-order valence-corrected chi connectivity index (χ3v) is 2.83. The lowest BCUT2D eigenvalue weighted by atomic mass is 10.0. The van der Waals surface area contributed by atoms with Gasteiger partial charge in [-0.3, -0.25) is 4.79 Å². The van der Waals surface area contributed by atoms with E-state index in [9.17, 15) is 20.1 Å². The van der Waals surface area contributed by atoms with Gasteiger partial charge >= 0.3 is 0 Å². The zero-order valence-corrected chi connectivity index (χ0v) is 9.84. The molecule has 8 nitrogen and oxygen atoms in total. The first kappa shape index (κ1) is 15.3. The zero-order chi connectivity index (χ0) is 13.7. The van der Waals surface area contributed by atoms with Gasteiger partial charge in [0.05, 0.1) is 19.8 Å². The molecule has 1 rings (SSSR count). The van der Waals surface area contributed by atoms with Crippen LogP contribution in [-0.4, -0.2) is 93.7 Å². The van der Waals surface area contributed by atoms with Crippen molar-refractivity contribution in [3.05, 3.63) is 0 Å². The summed E-state index contributed by atoms with van der Waals surface area (Å²) >= 11 is 0. The van der Waals surface area contributed by atoms with Crippen LogP contribution in [0.15, 0.2) is 0 Å². The van der Waals surface area contributed by atoms with Crippen LogP contribution in [0.2, 0.25) is 0 Å². The number of amides is 1. The first-order chi connectivity index (χ1) is 8.49. The van der Waals surface area contributed by atoms with Gasteiger partial charge in [-0.05, 0) is 0 Å². The highest BCUT2D eigenvalue weighted by atomic mass is 16.5. The molecule has 0 unspecified atom stereocenters. The SMILES string of the molecule is O=C([C@H](O)[C@@H](O)[C@H](O)[C@H](O)CO)N1CCOCC1. The first-order valence-corrected chi connectivity index (χ1v) is 5.68. The number of aliphatic hydroxyl groups is 5. The number of nitrogens with zero attached hydrogens (tertiary/aromatic N) is 1. The molecule has 1 saturated heterocycles. The highest BCUT2D eigenvalue weighted by Gasteiger charge is 2.36. The molecule has 0 bridgehead atoms. The van der Waals surface area contributed by atoms with E-state index in [0.29, 0.717) is 26.3 Å². The Kier molecular flexibility index (Phi) is 5.93. The van der Waals surface area contributed by atoms with Crippen LogP contribution in [0.25, 0.3) is 0 Å². The Morgan fingerprint density at radius 3 is 2.17 bits per heavy atom. The van der Waals surface area contributed by atoms with Crippen molar-refractivity contribution < 1.29 is 35.1 Å². The highest BCUT2D eigenvalue weighted by molar-refractivity contribution is 5.81. The van der Waals surface area contributed by atoms with Crippen molar-refractivity contribution >= 4 is 5.91 Å². The number of carbonyl (C=O) groups is 1. The molecule has 0 aromatic heterocycles. The minimum Gasteiger partial charge on any atom is -0.394 e. The summed E-state index contributed by atoms with van der Waals surface area (Å²) in [5.41, 5.74) is 0. The molecule has 1 aliphatic rings. The summed E-state index contributed by atoms with van der Waals surface area (Å²) in [7, 11) is 0. The number of ether oxygens (including phenoxy) is 1. The predicted molar refractivity (Wildman–Crippen MR) is 58.5 cm³/mol. The minimum atomic E-state index is -1.86. The molecule has 0 spiro atoms. The molecule has 1 heterocycles. The van der Waals surface area contributed by atoms with E-state index in [-0.39, 0.29) is 0 Å². The fourth-order valence-electron chi connectivity index (χ4n) is 1.64. The Balaban J connectivity index is 2.56. The predicted octanol–water partition coefficient (Wildman–Crippen LogP) is -3.72. The quantitative estimate of drug-likeness (QED) is 0.345. The van der Waals surface area contributed by atoms with Crippen LogP contribution in [0.4, 0.5) is 0 Å². The van der Waals surface area contributed by atoms with E-state index < -0.39 is 36.9 Å². The molecule has 5 N–H and O–H groups in total. The van der Waals surface area contributed by atoms with E-state index >= 15 is 0 Å². The Morgan fingerprint density at radius 1 is 1.11 bits per heavy atom. The highest BCUT2D eigenvalue weighted by Crippen LogP contribution is 2.09. The molecule has 0 radical (unpaired) electrons. The molecular weight excluding hydrogens is 246 g/mol. The van der Waals surface area contributed by atoms with E-state index in [4.69, 9.17) is 14.9 Å². The van der Waals surface area contributed by atoms with Gasteiger partial charge in [-0.25, -0.2) is 0 Å². The molecule has 18 heavy (non-hydrogen) atoms. The lowest BCUT2D eigenvalue weighted by Crippen LogP contribution is -2.54.